The van der Waals surface area contributed by atoms with Crippen molar-refractivity contribution < 1.29 is 9.13 Å². The highest BCUT2D eigenvalue weighted by molar-refractivity contribution is 9.10. The van der Waals surface area contributed by atoms with Crippen molar-refractivity contribution in [3.05, 3.63) is 63.4 Å². The van der Waals surface area contributed by atoms with Gasteiger partial charge in [-0.1, -0.05) is 40.2 Å². The summed E-state index contributed by atoms with van der Waals surface area (Å²) in [5.74, 6) is -0.195. The minimum atomic E-state index is -0.512. The fraction of sp³-hybridized carbons (Fsp3) is 0.200. The van der Waals surface area contributed by atoms with Crippen LogP contribution in [0.15, 0.2) is 40.9 Å². The fourth-order valence-corrected chi connectivity index (χ4v) is 2.21. The van der Waals surface area contributed by atoms with Crippen molar-refractivity contribution in [2.45, 2.75) is 13.0 Å². The second-order valence-corrected chi connectivity index (χ2v) is 5.20. The maximum Gasteiger partial charge on any atom is 0.170 e. The first-order valence-electron chi connectivity index (χ1n) is 5.88. The van der Waals surface area contributed by atoms with Crippen LogP contribution in [0.3, 0.4) is 0 Å². The van der Waals surface area contributed by atoms with E-state index in [4.69, 9.17) is 10.5 Å². The van der Waals surface area contributed by atoms with E-state index in [0.29, 0.717) is 5.56 Å². The Hall–Kier alpha value is -1.39. The molecule has 0 bridgehead atoms. The number of aryl methyl sites for hydroxylation is 1. The van der Waals surface area contributed by atoms with Crippen molar-refractivity contribution in [3.8, 4) is 5.75 Å². The SMILES string of the molecule is COc1cccc(C(N)c2ccc(Br)c(C)c2)c1F. The van der Waals surface area contributed by atoms with E-state index >= 15 is 0 Å². The van der Waals surface area contributed by atoms with Gasteiger partial charge in [0, 0.05) is 10.0 Å². The molecule has 0 aliphatic rings. The Morgan fingerprint density at radius 1 is 1.26 bits per heavy atom. The molecule has 0 radical (unpaired) electrons. The molecule has 2 aromatic carbocycles. The van der Waals surface area contributed by atoms with Crippen molar-refractivity contribution in [2.24, 2.45) is 5.73 Å². The maximum absolute atomic E-state index is 14.2. The molecule has 0 heterocycles. The molecule has 0 fully saturated rings. The van der Waals surface area contributed by atoms with Crippen LogP contribution in [0.25, 0.3) is 0 Å². The third-order valence-electron chi connectivity index (χ3n) is 3.09. The van der Waals surface area contributed by atoms with Gasteiger partial charge < -0.3 is 10.5 Å². The smallest absolute Gasteiger partial charge is 0.170 e. The van der Waals surface area contributed by atoms with Crippen LogP contribution in [0.4, 0.5) is 4.39 Å². The minimum Gasteiger partial charge on any atom is -0.494 e. The number of methoxy groups -OCH3 is 1. The predicted octanol–water partition coefficient (Wildman–Crippen LogP) is 3.95. The monoisotopic (exact) mass is 323 g/mol. The first kappa shape index (κ1) is 14.0. The maximum atomic E-state index is 14.2. The van der Waals surface area contributed by atoms with Gasteiger partial charge in [0.05, 0.1) is 13.2 Å². The van der Waals surface area contributed by atoms with Crippen LogP contribution >= 0.6 is 15.9 Å². The summed E-state index contributed by atoms with van der Waals surface area (Å²) in [5, 5.41) is 0. The topological polar surface area (TPSA) is 35.2 Å². The Morgan fingerprint density at radius 2 is 2.00 bits per heavy atom. The third kappa shape index (κ3) is 2.80. The number of benzene rings is 2. The zero-order chi connectivity index (χ0) is 14.0. The van der Waals surface area contributed by atoms with Crippen molar-refractivity contribution >= 4 is 15.9 Å². The molecule has 2 nitrogen and oxygen atoms in total. The van der Waals surface area contributed by atoms with Gasteiger partial charge in [0.1, 0.15) is 0 Å². The van der Waals surface area contributed by atoms with Crippen molar-refractivity contribution in [1.29, 1.82) is 0 Å². The van der Waals surface area contributed by atoms with E-state index in [1.165, 1.54) is 7.11 Å². The van der Waals surface area contributed by atoms with E-state index in [0.717, 1.165) is 15.6 Å². The average Bonchev–Trinajstić information content (AvgIpc) is 2.41. The molecule has 0 aliphatic carbocycles. The van der Waals surface area contributed by atoms with E-state index in [2.05, 4.69) is 15.9 Å². The Balaban J connectivity index is 2.43. The standard InChI is InChI=1S/C15H15BrFNO/c1-9-8-10(6-7-12(9)16)15(18)11-4-3-5-13(19-2)14(11)17/h3-8,15H,18H2,1-2H3. The largest absolute Gasteiger partial charge is 0.494 e. The highest BCUT2D eigenvalue weighted by Gasteiger charge is 2.17. The summed E-state index contributed by atoms with van der Waals surface area (Å²) in [6.07, 6.45) is 0. The third-order valence-corrected chi connectivity index (χ3v) is 3.98. The quantitative estimate of drug-likeness (QED) is 0.928. The molecule has 0 saturated carbocycles. The lowest BCUT2D eigenvalue weighted by atomic mass is 9.97. The first-order valence-corrected chi connectivity index (χ1v) is 6.68. The molecule has 0 saturated heterocycles. The summed E-state index contributed by atoms with van der Waals surface area (Å²) in [7, 11) is 1.44. The molecule has 1 atom stereocenters. The van der Waals surface area contributed by atoms with Gasteiger partial charge in [-0.3, -0.25) is 0 Å². The lowest BCUT2D eigenvalue weighted by molar-refractivity contribution is 0.383. The molecular weight excluding hydrogens is 309 g/mol. The molecule has 0 amide bonds. The Kier molecular flexibility index (Phi) is 4.22. The van der Waals surface area contributed by atoms with Crippen LogP contribution in [-0.2, 0) is 0 Å². The number of rotatable bonds is 3. The molecule has 1 unspecified atom stereocenters. The summed E-state index contributed by atoms with van der Waals surface area (Å²) in [4.78, 5) is 0. The molecule has 100 valence electrons. The number of ether oxygens (including phenoxy) is 1. The first-order chi connectivity index (χ1) is 9.04. The van der Waals surface area contributed by atoms with Gasteiger partial charge in [-0.05, 0) is 30.2 Å². The van der Waals surface area contributed by atoms with Gasteiger partial charge in [-0.2, -0.15) is 0 Å². The molecule has 0 aromatic heterocycles. The van der Waals surface area contributed by atoms with Crippen LogP contribution in [-0.4, -0.2) is 7.11 Å². The van der Waals surface area contributed by atoms with E-state index in [-0.39, 0.29) is 5.75 Å². The zero-order valence-corrected chi connectivity index (χ0v) is 12.4. The predicted molar refractivity (Wildman–Crippen MR) is 77.9 cm³/mol. The zero-order valence-electron chi connectivity index (χ0n) is 10.8. The van der Waals surface area contributed by atoms with Gasteiger partial charge in [0.2, 0.25) is 0 Å². The Morgan fingerprint density at radius 3 is 2.63 bits per heavy atom. The molecule has 19 heavy (non-hydrogen) atoms. The average molecular weight is 324 g/mol. The van der Waals surface area contributed by atoms with E-state index in [1.54, 1.807) is 18.2 Å². The van der Waals surface area contributed by atoms with Crippen LogP contribution < -0.4 is 10.5 Å². The molecule has 0 spiro atoms. The number of hydrogen-bond acceptors (Lipinski definition) is 2. The van der Waals surface area contributed by atoms with Crippen LogP contribution in [0.1, 0.15) is 22.7 Å². The van der Waals surface area contributed by atoms with E-state index in [1.807, 2.05) is 25.1 Å². The normalized spacial score (nSPS) is 12.3. The lowest BCUT2D eigenvalue weighted by Crippen LogP contribution is -2.14. The second-order valence-electron chi connectivity index (χ2n) is 4.35. The number of halogens is 2. The molecule has 4 heteroatoms. The number of hydrogen-bond donors (Lipinski definition) is 1. The highest BCUT2D eigenvalue weighted by Crippen LogP contribution is 2.29. The molecular formula is C15H15BrFNO. The van der Waals surface area contributed by atoms with Crippen LogP contribution in [0, 0.1) is 12.7 Å². The van der Waals surface area contributed by atoms with Gasteiger partial charge in [0.25, 0.3) is 0 Å². The van der Waals surface area contributed by atoms with Gasteiger partial charge in [-0.15, -0.1) is 0 Å². The molecule has 2 aromatic rings. The molecule has 2 N–H and O–H groups in total. The lowest BCUT2D eigenvalue weighted by Gasteiger charge is -2.16. The van der Waals surface area contributed by atoms with E-state index < -0.39 is 11.9 Å². The Labute approximate surface area is 120 Å². The summed E-state index contributed by atoms with van der Waals surface area (Å²) in [5.41, 5.74) is 8.51. The van der Waals surface area contributed by atoms with Crippen LogP contribution in [0.5, 0.6) is 5.75 Å². The van der Waals surface area contributed by atoms with Gasteiger partial charge in [-0.25, -0.2) is 4.39 Å². The summed E-state index contributed by atoms with van der Waals surface area (Å²) in [6, 6.07) is 10.2. The minimum absolute atomic E-state index is 0.210. The van der Waals surface area contributed by atoms with Crippen molar-refractivity contribution in [2.75, 3.05) is 7.11 Å². The molecule has 2 rings (SSSR count). The Bertz CT molecular complexity index is 601. The van der Waals surface area contributed by atoms with Gasteiger partial charge in [0.15, 0.2) is 11.6 Å². The molecule has 0 aliphatic heterocycles. The summed E-state index contributed by atoms with van der Waals surface area (Å²) in [6.45, 7) is 1.97. The van der Waals surface area contributed by atoms with Crippen molar-refractivity contribution in [1.82, 2.24) is 0 Å². The van der Waals surface area contributed by atoms with E-state index in [9.17, 15) is 4.39 Å². The van der Waals surface area contributed by atoms with Gasteiger partial charge >= 0.3 is 0 Å². The summed E-state index contributed by atoms with van der Waals surface area (Å²) >= 11 is 3.44. The summed E-state index contributed by atoms with van der Waals surface area (Å²) < 4.78 is 20.2. The van der Waals surface area contributed by atoms with Crippen molar-refractivity contribution in [3.63, 3.8) is 0 Å². The fourth-order valence-electron chi connectivity index (χ4n) is 1.97. The van der Waals surface area contributed by atoms with Crippen LogP contribution in [0.2, 0.25) is 0 Å². The second kappa shape index (κ2) is 5.72. The number of nitrogens with two attached hydrogens (primary N) is 1. The highest BCUT2D eigenvalue weighted by atomic mass is 79.9.